The maximum Gasteiger partial charge on any atom is 0.302 e. The largest absolute Gasteiger partial charge is 0.466 e. The molecule has 0 radical (unpaired) electrons. The number of rotatable bonds is 5. The topological polar surface area (TPSA) is 60.3 Å². The number of carbonyl (C=O) groups excluding carboxylic acids is 2. The number of benzene rings is 1. The minimum Gasteiger partial charge on any atom is -0.466 e. The molecule has 0 saturated carbocycles. The number of fused-ring (bicyclic) bond motifs is 1. The van der Waals surface area contributed by atoms with Gasteiger partial charge in [-0.05, 0) is 18.6 Å². The Morgan fingerprint density at radius 2 is 2.05 bits per heavy atom. The zero-order valence-electron chi connectivity index (χ0n) is 11.7. The highest BCUT2D eigenvalue weighted by atomic mass is 16.5. The molecule has 2 aromatic rings. The number of hydrogen-bond donors (Lipinski definition) is 1. The third kappa shape index (κ3) is 3.17. The van der Waals surface area contributed by atoms with Crippen LogP contribution in [0.1, 0.15) is 23.8 Å². The lowest BCUT2D eigenvalue weighted by molar-refractivity contribution is -0.140. The van der Waals surface area contributed by atoms with Crippen LogP contribution in [0.2, 0.25) is 0 Å². The Bertz CT molecular complexity index is 631. The van der Waals surface area contributed by atoms with Crippen LogP contribution in [0.3, 0.4) is 0 Å². The lowest BCUT2D eigenvalue weighted by Crippen LogP contribution is -2.27. The maximum absolute atomic E-state index is 12.1. The van der Waals surface area contributed by atoms with Crippen LogP contribution in [-0.2, 0) is 16.6 Å². The van der Waals surface area contributed by atoms with E-state index in [-0.39, 0.29) is 11.9 Å². The molecule has 0 aliphatic heterocycles. The van der Waals surface area contributed by atoms with E-state index in [1.165, 1.54) is 6.92 Å². The normalized spacial score (nSPS) is 10.5. The highest BCUT2D eigenvalue weighted by Crippen LogP contribution is 2.17. The first-order valence-electron chi connectivity index (χ1n) is 6.55. The lowest BCUT2D eigenvalue weighted by atomic mass is 10.2. The molecule has 1 amide bonds. The second-order valence-electron chi connectivity index (χ2n) is 4.60. The molecule has 5 nitrogen and oxygen atoms in total. The number of hydrogen-bond acceptors (Lipinski definition) is 3. The second-order valence-corrected chi connectivity index (χ2v) is 4.60. The summed E-state index contributed by atoms with van der Waals surface area (Å²) in [5, 5.41) is 3.87. The van der Waals surface area contributed by atoms with Crippen LogP contribution >= 0.6 is 0 Å². The Morgan fingerprint density at radius 3 is 2.75 bits per heavy atom. The molecule has 0 fully saturated rings. The molecule has 0 saturated heterocycles. The van der Waals surface area contributed by atoms with E-state index in [1.54, 1.807) is 0 Å². The molecule has 0 unspecified atom stereocenters. The Hall–Kier alpha value is -2.30. The molecule has 0 bridgehead atoms. The van der Waals surface area contributed by atoms with Gasteiger partial charge in [0.2, 0.25) is 0 Å². The SMILES string of the molecule is CC(=O)OCCCNC(=O)c1cc2ccccc2n1C. The smallest absolute Gasteiger partial charge is 0.302 e. The molecule has 5 heteroatoms. The number of nitrogens with zero attached hydrogens (tertiary/aromatic N) is 1. The van der Waals surface area contributed by atoms with E-state index >= 15 is 0 Å². The van der Waals surface area contributed by atoms with Crippen LogP contribution in [0, 0.1) is 0 Å². The number of amides is 1. The number of carbonyl (C=O) groups is 2. The highest BCUT2D eigenvalue weighted by molar-refractivity contribution is 5.98. The van der Waals surface area contributed by atoms with E-state index in [0.29, 0.717) is 25.3 Å². The van der Waals surface area contributed by atoms with E-state index in [2.05, 4.69) is 5.32 Å². The Kier molecular flexibility index (Phi) is 4.40. The van der Waals surface area contributed by atoms with Gasteiger partial charge in [0, 0.05) is 31.4 Å². The summed E-state index contributed by atoms with van der Waals surface area (Å²) < 4.78 is 6.68. The van der Waals surface area contributed by atoms with Gasteiger partial charge >= 0.3 is 5.97 Å². The van der Waals surface area contributed by atoms with Crippen molar-refractivity contribution in [3.8, 4) is 0 Å². The molecule has 1 aromatic heterocycles. The summed E-state index contributed by atoms with van der Waals surface area (Å²) >= 11 is 0. The molecule has 1 heterocycles. The number of para-hydroxylation sites is 1. The fourth-order valence-electron chi connectivity index (χ4n) is 2.09. The van der Waals surface area contributed by atoms with Crippen LogP contribution in [0.25, 0.3) is 10.9 Å². The van der Waals surface area contributed by atoms with Gasteiger partial charge in [0.1, 0.15) is 5.69 Å². The summed E-state index contributed by atoms with van der Waals surface area (Å²) in [5.41, 5.74) is 1.65. The van der Waals surface area contributed by atoms with Crippen LogP contribution in [0.5, 0.6) is 0 Å². The van der Waals surface area contributed by atoms with Gasteiger partial charge in [0.15, 0.2) is 0 Å². The van der Waals surface area contributed by atoms with Gasteiger partial charge in [0.05, 0.1) is 6.61 Å². The molecule has 1 N–H and O–H groups in total. The zero-order chi connectivity index (χ0) is 14.5. The fourth-order valence-corrected chi connectivity index (χ4v) is 2.09. The van der Waals surface area contributed by atoms with Gasteiger partial charge in [-0.3, -0.25) is 9.59 Å². The summed E-state index contributed by atoms with van der Waals surface area (Å²) in [6, 6.07) is 9.72. The van der Waals surface area contributed by atoms with E-state index < -0.39 is 0 Å². The van der Waals surface area contributed by atoms with Gasteiger partial charge in [-0.15, -0.1) is 0 Å². The van der Waals surface area contributed by atoms with Crippen molar-refractivity contribution in [2.75, 3.05) is 13.2 Å². The second kappa shape index (κ2) is 6.23. The van der Waals surface area contributed by atoms with Gasteiger partial charge in [-0.2, -0.15) is 0 Å². The van der Waals surface area contributed by atoms with Gasteiger partial charge < -0.3 is 14.6 Å². The molecule has 2 rings (SSSR count). The van der Waals surface area contributed by atoms with Crippen LogP contribution < -0.4 is 5.32 Å². The summed E-state index contributed by atoms with van der Waals surface area (Å²) in [6.07, 6.45) is 0.606. The zero-order valence-corrected chi connectivity index (χ0v) is 11.7. The minimum absolute atomic E-state index is 0.119. The summed E-state index contributed by atoms with van der Waals surface area (Å²) in [7, 11) is 1.87. The average molecular weight is 274 g/mol. The van der Waals surface area contributed by atoms with Crippen molar-refractivity contribution in [3.63, 3.8) is 0 Å². The third-order valence-corrected chi connectivity index (χ3v) is 3.10. The fraction of sp³-hybridized carbons (Fsp3) is 0.333. The predicted octanol–water partition coefficient (Wildman–Crippen LogP) is 1.86. The maximum atomic E-state index is 12.1. The molecule has 0 atom stereocenters. The number of aryl methyl sites for hydroxylation is 1. The van der Waals surface area contributed by atoms with Crippen molar-refractivity contribution < 1.29 is 14.3 Å². The lowest BCUT2D eigenvalue weighted by Gasteiger charge is -2.06. The van der Waals surface area contributed by atoms with Crippen LogP contribution in [0.15, 0.2) is 30.3 Å². The van der Waals surface area contributed by atoms with Crippen molar-refractivity contribution >= 4 is 22.8 Å². The van der Waals surface area contributed by atoms with Gasteiger partial charge in [0.25, 0.3) is 5.91 Å². The molecule has 1 aromatic carbocycles. The number of aromatic nitrogens is 1. The predicted molar refractivity (Wildman–Crippen MR) is 76.5 cm³/mol. The Labute approximate surface area is 117 Å². The van der Waals surface area contributed by atoms with Crippen LogP contribution in [-0.4, -0.2) is 29.6 Å². The number of nitrogens with one attached hydrogen (secondary N) is 1. The number of ether oxygens (including phenoxy) is 1. The van der Waals surface area contributed by atoms with Crippen molar-refractivity contribution in [1.82, 2.24) is 9.88 Å². The van der Waals surface area contributed by atoms with Gasteiger partial charge in [-0.25, -0.2) is 0 Å². The molecule has 0 aliphatic carbocycles. The van der Waals surface area contributed by atoms with E-state index in [0.717, 1.165) is 10.9 Å². The standard InChI is InChI=1S/C15H18N2O3/c1-11(18)20-9-5-8-16-15(19)14-10-12-6-3-4-7-13(12)17(14)2/h3-4,6-7,10H,5,8-9H2,1-2H3,(H,16,19). The Balaban J connectivity index is 1.94. The van der Waals surface area contributed by atoms with Crippen molar-refractivity contribution in [1.29, 1.82) is 0 Å². The van der Waals surface area contributed by atoms with Crippen molar-refractivity contribution in [2.24, 2.45) is 7.05 Å². The van der Waals surface area contributed by atoms with Crippen LogP contribution in [0.4, 0.5) is 0 Å². The Morgan fingerprint density at radius 1 is 1.30 bits per heavy atom. The minimum atomic E-state index is -0.301. The van der Waals surface area contributed by atoms with Crippen molar-refractivity contribution in [3.05, 3.63) is 36.0 Å². The summed E-state index contributed by atoms with van der Waals surface area (Å²) in [4.78, 5) is 22.7. The third-order valence-electron chi connectivity index (χ3n) is 3.10. The monoisotopic (exact) mass is 274 g/mol. The van der Waals surface area contributed by atoms with Gasteiger partial charge in [-0.1, -0.05) is 18.2 Å². The molecule has 106 valence electrons. The molecule has 0 aliphatic rings. The number of esters is 1. The molecular formula is C15H18N2O3. The molecule has 20 heavy (non-hydrogen) atoms. The first-order valence-corrected chi connectivity index (χ1v) is 6.55. The van der Waals surface area contributed by atoms with E-state index in [1.807, 2.05) is 41.9 Å². The van der Waals surface area contributed by atoms with E-state index in [4.69, 9.17) is 4.74 Å². The molecular weight excluding hydrogens is 256 g/mol. The average Bonchev–Trinajstić information content (AvgIpc) is 2.76. The van der Waals surface area contributed by atoms with E-state index in [9.17, 15) is 9.59 Å². The summed E-state index contributed by atoms with van der Waals surface area (Å²) in [5.74, 6) is -0.420. The quantitative estimate of drug-likeness (QED) is 0.668. The van der Waals surface area contributed by atoms with Crippen molar-refractivity contribution in [2.45, 2.75) is 13.3 Å². The summed E-state index contributed by atoms with van der Waals surface area (Å²) in [6.45, 7) is 2.17. The molecule has 0 spiro atoms. The first kappa shape index (κ1) is 14.1. The highest BCUT2D eigenvalue weighted by Gasteiger charge is 2.12. The first-order chi connectivity index (χ1) is 9.59.